The van der Waals surface area contributed by atoms with Crippen molar-refractivity contribution >= 4 is 83.4 Å². The number of hydrogen-bond acceptors (Lipinski definition) is 19. The van der Waals surface area contributed by atoms with E-state index in [9.17, 15) is 49.0 Å². The molecule has 28 heteroatoms. The topological polar surface area (TPSA) is 450 Å². The summed E-state index contributed by atoms with van der Waals surface area (Å²) < 4.78 is 19.4. The van der Waals surface area contributed by atoms with Crippen molar-refractivity contribution in [3.05, 3.63) is 63.9 Å². The molecule has 8 rings (SSSR count). The van der Waals surface area contributed by atoms with Crippen molar-refractivity contribution in [3.8, 4) is 0 Å². The first kappa shape index (κ1) is 74.6. The fourth-order valence-corrected chi connectivity index (χ4v) is 16.8. The van der Waals surface area contributed by atoms with Crippen molar-refractivity contribution in [2.45, 2.75) is 196 Å². The number of fused-ring (bicyclic) bond motifs is 7. The van der Waals surface area contributed by atoms with Gasteiger partial charge in [-0.15, -0.1) is 0 Å². The third-order valence-electron chi connectivity index (χ3n) is 20.6. The zero-order valence-electron chi connectivity index (χ0n) is 53.8. The Morgan fingerprint density at radius 2 is 1.48 bits per heavy atom. The summed E-state index contributed by atoms with van der Waals surface area (Å²) in [5.41, 5.74) is 31.7. The van der Waals surface area contributed by atoms with Crippen LogP contribution >= 0.6 is 7.57 Å². The van der Waals surface area contributed by atoms with E-state index in [4.69, 9.17) is 62.8 Å². The summed E-state index contributed by atoms with van der Waals surface area (Å²) in [5.74, 6) is -7.35. The molecule has 26 nitrogen and oxygen atoms in total. The van der Waals surface area contributed by atoms with E-state index in [-0.39, 0.29) is 101 Å². The molecule has 7 heterocycles. The molecule has 2 aromatic rings. The van der Waals surface area contributed by atoms with Crippen molar-refractivity contribution in [1.82, 2.24) is 20.2 Å². The molecule has 1 aromatic heterocycles. The SMILES string of the molecule is C.C=P([O-])(OC(C)CNC(=O)CCC1(C)C2=NC(C1CC(N)=O)C1(C)N=C(C(C)=C3NC(=CC4=NC(=C2C)C(CCC(N)=O)C4(C)C)C(CCC(=N)[O-])C3(C)CC(N)=O)C(CCC(N)=O)C1(C)CC(N)=O)OC1C(CO)OC(n2cnc3cc(C)c(C)cc32)C1O.[Co]. The van der Waals surface area contributed by atoms with Gasteiger partial charge in [0.15, 0.2) is 6.23 Å². The van der Waals surface area contributed by atoms with E-state index in [2.05, 4.69) is 21.9 Å². The minimum Gasteiger partial charge on any atom is -0.862 e. The first-order valence-corrected chi connectivity index (χ1v) is 32.4. The molecular weight excluding hydrogens is 1250 g/mol. The van der Waals surface area contributed by atoms with E-state index >= 15 is 0 Å². The van der Waals surface area contributed by atoms with E-state index in [0.29, 0.717) is 56.4 Å². The van der Waals surface area contributed by atoms with Gasteiger partial charge in [-0.1, -0.05) is 48.3 Å². The number of amides is 6. The first-order valence-electron chi connectivity index (χ1n) is 30.6. The standard InChI is InChI=1S/C63H91N13O13P.CH4.Co/c1-30-21-40-41(22-31(30)2)76(29-71-40)58-53(85)54(42(28-77)87-58)89-90(12,86)88-32(3)27-70-50(84)19-20-60(8)38(23-47(67)81)57-63(11)62(10,26-49(69)83)37(15-18-46(66)80)52(75-63)34(5)56-61(9,25-48(68)82)35(13-16-44(64)78)39(72-56)24-43-59(6,7)36(14-17-45(65)79)51(73-43)33(4)55(60)74-57;;/h21-22,24,29,32,35-38,42,53-54,57-58,77,85H,12-20,23,25-28H2,1-11H3,(H14-,64,65,66,67,68,69,70,72,73,74,75,78,79,80,81,82,83,84,86);1H4;/q-1;;/p-1. The van der Waals surface area contributed by atoms with Crippen LogP contribution < -0.4 is 49.3 Å². The van der Waals surface area contributed by atoms with Crippen LogP contribution in [0.1, 0.15) is 158 Å². The molecule has 1 aromatic carbocycles. The number of carbonyl (C=O) groups excluding carboxylic acids is 6. The maximum absolute atomic E-state index is 14.4. The number of nitrogens with two attached hydrogens (primary N) is 5. The average Bonchev–Trinajstić information content (AvgIpc) is 1.53. The van der Waals surface area contributed by atoms with Crippen LogP contribution in [0, 0.1) is 64.6 Å². The number of aliphatic hydroxyl groups excluding tert-OH is 2. The van der Waals surface area contributed by atoms with Gasteiger partial charge in [0.05, 0.1) is 41.7 Å². The summed E-state index contributed by atoms with van der Waals surface area (Å²) >= 11 is 0. The van der Waals surface area contributed by atoms with Gasteiger partial charge in [-0.25, -0.2) is 4.98 Å². The van der Waals surface area contributed by atoms with Gasteiger partial charge in [0.2, 0.25) is 35.4 Å². The second kappa shape index (κ2) is 27.9. The molecule has 15 unspecified atom stereocenters. The van der Waals surface area contributed by atoms with E-state index in [1.807, 2.05) is 87.4 Å². The molecule has 509 valence electrons. The maximum Gasteiger partial charge on any atom is 0.220 e. The maximum atomic E-state index is 14.4. The van der Waals surface area contributed by atoms with Crippen molar-refractivity contribution in [3.63, 3.8) is 0 Å². The number of aliphatic imine (C=N–C) groups is 3. The molecule has 2 fully saturated rings. The number of hydrogen-bond donors (Lipinski definition) is 10. The quantitative estimate of drug-likeness (QED) is 0.0368. The molecule has 0 saturated carbocycles. The molecule has 0 spiro atoms. The Balaban J connectivity index is 0.00000672. The van der Waals surface area contributed by atoms with Gasteiger partial charge in [0, 0.05) is 149 Å². The number of ether oxygens (including phenoxy) is 1. The average molecular weight is 1340 g/mol. The van der Waals surface area contributed by atoms with Crippen LogP contribution in [0.2, 0.25) is 0 Å². The number of carbonyl (C=O) groups is 6. The number of primary amides is 5. The second-order valence-electron chi connectivity index (χ2n) is 27.2. The summed E-state index contributed by atoms with van der Waals surface area (Å²) in [5, 5.41) is 49.0. The molecule has 6 aliphatic rings. The number of allylic oxidation sites excluding steroid dienone is 6. The summed E-state index contributed by atoms with van der Waals surface area (Å²) in [6.07, 6.45) is 0.108. The Morgan fingerprint density at radius 1 is 0.870 bits per heavy atom. The smallest absolute Gasteiger partial charge is 0.220 e. The third kappa shape index (κ3) is 14.2. The second-order valence-corrected chi connectivity index (χ2v) is 28.8. The molecule has 15 atom stereocenters. The molecule has 6 amide bonds. The zero-order chi connectivity index (χ0) is 66.7. The van der Waals surface area contributed by atoms with Gasteiger partial charge >= 0.3 is 0 Å². The molecular formula is C64H94CoN13O13P-2. The summed E-state index contributed by atoms with van der Waals surface area (Å²) in [6.45, 7) is 19.6. The molecule has 8 bridgehead atoms. The summed E-state index contributed by atoms with van der Waals surface area (Å²) in [4.78, 5) is 116. The van der Waals surface area contributed by atoms with Crippen molar-refractivity contribution < 1.29 is 79.5 Å². The Bertz CT molecular complexity index is 3540. The Hall–Kier alpha value is -6.42. The number of aliphatic hydroxyl groups is 2. The van der Waals surface area contributed by atoms with Crippen LogP contribution in [-0.2, 0) is 59.3 Å². The van der Waals surface area contributed by atoms with Crippen molar-refractivity contribution in [2.75, 3.05) is 13.2 Å². The fraction of sp³-hybridized carbons (Fsp3) is 0.625. The molecule has 0 aliphatic carbocycles. The van der Waals surface area contributed by atoms with Crippen molar-refractivity contribution in [1.29, 1.82) is 5.41 Å². The number of aromatic nitrogens is 2. The van der Waals surface area contributed by atoms with E-state index in [0.717, 1.165) is 11.1 Å². The minimum atomic E-state index is -4.32. The molecule has 92 heavy (non-hydrogen) atoms. The van der Waals surface area contributed by atoms with Gasteiger partial charge in [0.1, 0.15) is 18.3 Å². The van der Waals surface area contributed by atoms with Gasteiger partial charge < -0.3 is 83.3 Å². The van der Waals surface area contributed by atoms with Crippen LogP contribution in [-0.4, -0.2) is 134 Å². The number of benzene rings is 1. The normalized spacial score (nSPS) is 31.3. The first-order chi connectivity index (χ1) is 41.8. The number of imidazole rings is 1. The fourth-order valence-electron chi connectivity index (χ4n) is 15.5. The number of nitrogens with one attached hydrogen (secondary N) is 3. The predicted molar refractivity (Wildman–Crippen MR) is 343 cm³/mol. The monoisotopic (exact) mass is 1340 g/mol. The molecule has 2 saturated heterocycles. The van der Waals surface area contributed by atoms with Crippen LogP contribution in [0.3, 0.4) is 0 Å². The molecule has 6 aliphatic heterocycles. The van der Waals surface area contributed by atoms with Gasteiger partial charge in [-0.3, -0.25) is 43.7 Å². The summed E-state index contributed by atoms with van der Waals surface area (Å²) in [6, 6.07) is 2.77. The van der Waals surface area contributed by atoms with E-state index in [1.165, 1.54) is 13.3 Å². The van der Waals surface area contributed by atoms with Gasteiger partial charge in [0.25, 0.3) is 0 Å². The number of nitrogens with zero attached hydrogens (tertiary/aromatic N) is 5. The number of rotatable bonds is 26. The number of aryl methyl sites for hydroxylation is 2. The Morgan fingerprint density at radius 3 is 2.07 bits per heavy atom. The van der Waals surface area contributed by atoms with Gasteiger partial charge in [-0.05, 0) is 120 Å². The van der Waals surface area contributed by atoms with Crippen LogP contribution in [0.5, 0.6) is 0 Å². The van der Waals surface area contributed by atoms with Crippen molar-refractivity contribution in [2.24, 2.45) is 89.0 Å². The van der Waals surface area contributed by atoms with Crippen LogP contribution in [0.25, 0.3) is 11.0 Å². The zero-order valence-corrected chi connectivity index (χ0v) is 55.7. The van der Waals surface area contributed by atoms with Crippen LogP contribution in [0.4, 0.5) is 0 Å². The Labute approximate surface area is 548 Å². The Kier molecular flexibility index (Phi) is 22.6. The van der Waals surface area contributed by atoms with Crippen LogP contribution in [0.15, 0.2) is 67.8 Å². The minimum absolute atomic E-state index is 0. The van der Waals surface area contributed by atoms with Gasteiger partial charge in [-0.2, -0.15) is 0 Å². The largest absolute Gasteiger partial charge is 0.862 e. The third-order valence-corrected chi connectivity index (χ3v) is 21.9. The van der Waals surface area contributed by atoms with E-state index in [1.54, 1.807) is 4.57 Å². The molecule has 15 N–H and O–H groups in total. The summed E-state index contributed by atoms with van der Waals surface area (Å²) in [7, 11) is -4.32. The predicted octanol–water partition coefficient (Wildman–Crippen LogP) is 3.10. The molecule has 1 radical (unpaired) electrons. The van der Waals surface area contributed by atoms with E-state index < -0.39 is 143 Å².